The fourth-order valence-corrected chi connectivity index (χ4v) is 3.33. The first-order valence-corrected chi connectivity index (χ1v) is 8.45. The number of ether oxygens (including phenoxy) is 1. The van der Waals surface area contributed by atoms with E-state index in [1.54, 1.807) is 0 Å². The van der Waals surface area contributed by atoms with E-state index in [0.29, 0.717) is 6.61 Å². The number of benzene rings is 1. The Morgan fingerprint density at radius 3 is 2.50 bits per heavy atom. The van der Waals surface area contributed by atoms with Crippen molar-refractivity contribution in [1.29, 1.82) is 0 Å². The van der Waals surface area contributed by atoms with Crippen molar-refractivity contribution in [2.75, 3.05) is 0 Å². The lowest BCUT2D eigenvalue weighted by molar-refractivity contribution is 0.0236. The second-order valence-corrected chi connectivity index (χ2v) is 7.23. The minimum atomic E-state index is -0.110. The monoisotopic (exact) mass is 373 g/mol. The molecular weight excluding hydrogens is 358 g/mol. The standard InChI is InChI=1S/C15H17BrClNOS/c1-2-12(18)15(13-7-8-14(17)20-13)19-9-10-3-5-11(16)6-4-10/h3-8,12,15H,2,9,18H2,1H3. The lowest BCUT2D eigenvalue weighted by atomic mass is 10.1. The normalized spacial score (nSPS) is 14.2. The van der Waals surface area contributed by atoms with Gasteiger partial charge in [-0.05, 0) is 36.2 Å². The highest BCUT2D eigenvalue weighted by molar-refractivity contribution is 9.10. The third-order valence-corrected chi connectivity index (χ3v) is 4.90. The van der Waals surface area contributed by atoms with Crippen molar-refractivity contribution in [2.24, 2.45) is 5.73 Å². The summed E-state index contributed by atoms with van der Waals surface area (Å²) in [5, 5.41) is 0. The quantitative estimate of drug-likeness (QED) is 0.758. The first kappa shape index (κ1) is 16.0. The van der Waals surface area contributed by atoms with E-state index in [4.69, 9.17) is 22.1 Å². The van der Waals surface area contributed by atoms with Crippen LogP contribution in [0.5, 0.6) is 0 Å². The highest BCUT2D eigenvalue weighted by atomic mass is 79.9. The summed E-state index contributed by atoms with van der Waals surface area (Å²) in [7, 11) is 0. The van der Waals surface area contributed by atoms with E-state index in [1.807, 2.05) is 36.4 Å². The average Bonchev–Trinajstić information content (AvgIpc) is 2.87. The maximum absolute atomic E-state index is 6.18. The minimum absolute atomic E-state index is 0.0276. The van der Waals surface area contributed by atoms with Crippen molar-refractivity contribution in [3.63, 3.8) is 0 Å². The predicted molar refractivity (Wildman–Crippen MR) is 89.3 cm³/mol. The highest BCUT2D eigenvalue weighted by Crippen LogP contribution is 2.32. The molecule has 0 radical (unpaired) electrons. The molecule has 2 unspecified atom stereocenters. The van der Waals surface area contributed by atoms with Crippen molar-refractivity contribution in [3.8, 4) is 0 Å². The second-order valence-electron chi connectivity index (χ2n) is 4.57. The number of nitrogens with two attached hydrogens (primary N) is 1. The van der Waals surface area contributed by atoms with Gasteiger partial charge in [0.25, 0.3) is 0 Å². The maximum atomic E-state index is 6.18. The number of rotatable bonds is 6. The fraction of sp³-hybridized carbons (Fsp3) is 0.333. The molecule has 1 aromatic heterocycles. The van der Waals surface area contributed by atoms with E-state index < -0.39 is 0 Å². The third-order valence-electron chi connectivity index (χ3n) is 3.08. The molecule has 0 bridgehead atoms. The Hall–Kier alpha value is -0.390. The van der Waals surface area contributed by atoms with E-state index in [0.717, 1.165) is 25.7 Å². The molecule has 0 amide bonds. The summed E-state index contributed by atoms with van der Waals surface area (Å²) in [6.07, 6.45) is 0.752. The molecule has 20 heavy (non-hydrogen) atoms. The Balaban J connectivity index is 2.06. The van der Waals surface area contributed by atoms with Gasteiger partial charge in [-0.15, -0.1) is 11.3 Å². The number of hydrogen-bond acceptors (Lipinski definition) is 3. The molecule has 0 fully saturated rings. The molecule has 2 nitrogen and oxygen atoms in total. The van der Waals surface area contributed by atoms with Crippen LogP contribution in [0.3, 0.4) is 0 Å². The van der Waals surface area contributed by atoms with Crippen molar-refractivity contribution < 1.29 is 4.74 Å². The summed E-state index contributed by atoms with van der Waals surface area (Å²) in [5.41, 5.74) is 7.31. The van der Waals surface area contributed by atoms with Gasteiger partial charge < -0.3 is 10.5 Å². The van der Waals surface area contributed by atoms with Gasteiger partial charge in [0.1, 0.15) is 6.10 Å². The molecular formula is C15H17BrClNOS. The Morgan fingerprint density at radius 2 is 1.95 bits per heavy atom. The van der Waals surface area contributed by atoms with Crippen molar-refractivity contribution >= 4 is 38.9 Å². The number of halogens is 2. The molecule has 0 spiro atoms. The van der Waals surface area contributed by atoms with Crippen molar-refractivity contribution in [2.45, 2.75) is 32.1 Å². The van der Waals surface area contributed by atoms with Gasteiger partial charge in [0.15, 0.2) is 0 Å². The van der Waals surface area contributed by atoms with Gasteiger partial charge >= 0.3 is 0 Å². The second kappa shape index (κ2) is 7.57. The molecule has 1 heterocycles. The third kappa shape index (κ3) is 4.30. The van der Waals surface area contributed by atoms with Crippen molar-refractivity contribution in [3.05, 3.63) is 55.6 Å². The Kier molecular flexibility index (Phi) is 6.05. The van der Waals surface area contributed by atoms with Crippen LogP contribution in [0.25, 0.3) is 0 Å². The molecule has 2 rings (SSSR count). The molecule has 2 N–H and O–H groups in total. The lowest BCUT2D eigenvalue weighted by Gasteiger charge is -2.22. The SMILES string of the molecule is CCC(N)C(OCc1ccc(Br)cc1)c1ccc(Cl)s1. The molecule has 0 saturated heterocycles. The zero-order valence-corrected chi connectivity index (χ0v) is 14.3. The zero-order chi connectivity index (χ0) is 14.5. The van der Waals surface area contributed by atoms with Crippen LogP contribution in [0.15, 0.2) is 40.9 Å². The van der Waals surface area contributed by atoms with Crippen LogP contribution in [0.2, 0.25) is 4.34 Å². The van der Waals surface area contributed by atoms with Crippen LogP contribution in [0.1, 0.15) is 29.9 Å². The maximum Gasteiger partial charge on any atom is 0.107 e. The van der Waals surface area contributed by atoms with Crippen LogP contribution < -0.4 is 5.73 Å². The van der Waals surface area contributed by atoms with Gasteiger partial charge in [-0.25, -0.2) is 0 Å². The van der Waals surface area contributed by atoms with Crippen LogP contribution in [-0.2, 0) is 11.3 Å². The average molecular weight is 375 g/mol. The van der Waals surface area contributed by atoms with Crippen LogP contribution in [0.4, 0.5) is 0 Å². The summed E-state index contributed by atoms with van der Waals surface area (Å²) >= 11 is 11.0. The summed E-state index contributed by atoms with van der Waals surface area (Å²) in [6, 6.07) is 12.0. The molecule has 0 saturated carbocycles. The molecule has 108 valence electrons. The summed E-state index contributed by atoms with van der Waals surface area (Å²) < 4.78 is 7.86. The van der Waals surface area contributed by atoms with Crippen LogP contribution >= 0.6 is 38.9 Å². The van der Waals surface area contributed by atoms with E-state index in [2.05, 4.69) is 22.9 Å². The van der Waals surface area contributed by atoms with Gasteiger partial charge in [0.2, 0.25) is 0 Å². The van der Waals surface area contributed by atoms with Crippen LogP contribution in [0, 0.1) is 0 Å². The lowest BCUT2D eigenvalue weighted by Crippen LogP contribution is -2.29. The summed E-state index contributed by atoms with van der Waals surface area (Å²) in [4.78, 5) is 1.08. The molecule has 2 atom stereocenters. The Morgan fingerprint density at radius 1 is 1.25 bits per heavy atom. The Bertz CT molecular complexity index is 543. The molecule has 5 heteroatoms. The number of hydrogen-bond donors (Lipinski definition) is 1. The first-order valence-electron chi connectivity index (χ1n) is 6.47. The zero-order valence-electron chi connectivity index (χ0n) is 11.2. The molecule has 0 aliphatic rings. The van der Waals surface area contributed by atoms with E-state index in [1.165, 1.54) is 11.3 Å². The predicted octanol–water partition coefficient (Wildman–Crippen LogP) is 5.16. The van der Waals surface area contributed by atoms with Gasteiger partial charge in [-0.1, -0.05) is 46.6 Å². The van der Waals surface area contributed by atoms with Gasteiger partial charge in [-0.3, -0.25) is 0 Å². The summed E-state index contributed by atoms with van der Waals surface area (Å²) in [6.45, 7) is 2.61. The minimum Gasteiger partial charge on any atom is -0.366 e. The molecule has 0 aliphatic carbocycles. The first-order chi connectivity index (χ1) is 9.60. The number of thiophene rings is 1. The summed E-state index contributed by atoms with van der Waals surface area (Å²) in [5.74, 6) is 0. The van der Waals surface area contributed by atoms with Crippen LogP contribution in [-0.4, -0.2) is 6.04 Å². The van der Waals surface area contributed by atoms with E-state index >= 15 is 0 Å². The van der Waals surface area contributed by atoms with Crippen molar-refractivity contribution in [1.82, 2.24) is 0 Å². The molecule has 0 aliphatic heterocycles. The van der Waals surface area contributed by atoms with Gasteiger partial charge in [0, 0.05) is 15.4 Å². The molecule has 1 aromatic carbocycles. The Labute approximate surface area is 137 Å². The van der Waals surface area contributed by atoms with Gasteiger partial charge in [0.05, 0.1) is 10.9 Å². The molecule has 2 aromatic rings. The smallest absolute Gasteiger partial charge is 0.107 e. The topological polar surface area (TPSA) is 35.2 Å². The van der Waals surface area contributed by atoms with E-state index in [-0.39, 0.29) is 12.1 Å². The highest BCUT2D eigenvalue weighted by Gasteiger charge is 2.21. The largest absolute Gasteiger partial charge is 0.366 e. The van der Waals surface area contributed by atoms with Gasteiger partial charge in [-0.2, -0.15) is 0 Å². The fourth-order valence-electron chi connectivity index (χ4n) is 1.88. The van der Waals surface area contributed by atoms with E-state index in [9.17, 15) is 0 Å².